The fraction of sp³-hybridized carbons (Fsp3) is 0.391. The van der Waals surface area contributed by atoms with E-state index in [-0.39, 0.29) is 6.04 Å². The third-order valence-electron chi connectivity index (χ3n) is 5.93. The van der Waals surface area contributed by atoms with E-state index < -0.39 is 0 Å². The Balaban J connectivity index is 1.48. The first kappa shape index (κ1) is 16.8. The van der Waals surface area contributed by atoms with Crippen LogP contribution < -0.4 is 10.2 Å². The summed E-state index contributed by atoms with van der Waals surface area (Å²) in [6, 6.07) is 18.4. The van der Waals surface area contributed by atoms with Crippen molar-refractivity contribution in [1.29, 1.82) is 0 Å². The molecule has 3 heterocycles. The first-order chi connectivity index (χ1) is 13.2. The van der Waals surface area contributed by atoms with Crippen LogP contribution in [0, 0.1) is 0 Å². The average molecular weight is 361 g/mol. The molecule has 140 valence electrons. The number of aromatic nitrogens is 1. The smallest absolute Gasteiger partial charge is 0.0734 e. The maximum atomic E-state index is 5.67. The van der Waals surface area contributed by atoms with Crippen molar-refractivity contribution >= 4 is 16.6 Å². The van der Waals surface area contributed by atoms with Crippen LogP contribution in [0.1, 0.15) is 36.7 Å². The second-order valence-corrected chi connectivity index (χ2v) is 7.99. The van der Waals surface area contributed by atoms with Crippen LogP contribution in [-0.4, -0.2) is 36.8 Å². The molecule has 5 rings (SSSR count). The molecule has 27 heavy (non-hydrogen) atoms. The van der Waals surface area contributed by atoms with Crippen LogP contribution in [0.25, 0.3) is 10.9 Å². The molecule has 4 nitrogen and oxygen atoms in total. The second-order valence-electron chi connectivity index (χ2n) is 7.99. The minimum atomic E-state index is 0.216. The minimum Gasteiger partial charge on any atom is -0.375 e. The van der Waals surface area contributed by atoms with Crippen molar-refractivity contribution in [1.82, 2.24) is 10.3 Å². The van der Waals surface area contributed by atoms with E-state index in [1.807, 2.05) is 0 Å². The molecule has 0 aliphatic carbocycles. The van der Waals surface area contributed by atoms with Gasteiger partial charge in [0.25, 0.3) is 0 Å². The van der Waals surface area contributed by atoms with Gasteiger partial charge in [0, 0.05) is 41.4 Å². The molecular formula is C23H27N3O. The summed E-state index contributed by atoms with van der Waals surface area (Å²) in [5.41, 5.74) is 6.63. The van der Waals surface area contributed by atoms with Crippen LogP contribution in [-0.2, 0) is 11.2 Å². The molecule has 1 saturated heterocycles. The molecule has 0 bridgehead atoms. The summed E-state index contributed by atoms with van der Waals surface area (Å²) < 4.78 is 5.67. The first-order valence-corrected chi connectivity index (χ1v) is 10.0. The van der Waals surface area contributed by atoms with Crippen LogP contribution in [0.4, 0.5) is 5.69 Å². The minimum absolute atomic E-state index is 0.216. The number of anilines is 1. The molecule has 2 aliphatic rings. The predicted molar refractivity (Wildman–Crippen MR) is 111 cm³/mol. The Morgan fingerprint density at radius 1 is 1.04 bits per heavy atom. The van der Waals surface area contributed by atoms with E-state index in [2.05, 4.69) is 77.6 Å². The van der Waals surface area contributed by atoms with Gasteiger partial charge in [-0.25, -0.2) is 0 Å². The lowest BCUT2D eigenvalue weighted by Gasteiger charge is -2.33. The second kappa shape index (κ2) is 6.70. The van der Waals surface area contributed by atoms with E-state index in [4.69, 9.17) is 4.74 Å². The number of hydrogen-bond acceptors (Lipinski definition) is 3. The van der Waals surface area contributed by atoms with E-state index in [9.17, 15) is 0 Å². The van der Waals surface area contributed by atoms with Gasteiger partial charge in [0.2, 0.25) is 0 Å². The summed E-state index contributed by atoms with van der Waals surface area (Å²) in [7, 11) is 0. The molecule has 0 amide bonds. The number of ether oxygens (including phenoxy) is 1. The van der Waals surface area contributed by atoms with Gasteiger partial charge in [-0.3, -0.25) is 0 Å². The highest BCUT2D eigenvalue weighted by molar-refractivity contribution is 5.85. The van der Waals surface area contributed by atoms with Crippen molar-refractivity contribution in [2.24, 2.45) is 0 Å². The van der Waals surface area contributed by atoms with Gasteiger partial charge < -0.3 is 19.9 Å². The number of rotatable bonds is 2. The Hall–Kier alpha value is -2.30. The van der Waals surface area contributed by atoms with Gasteiger partial charge in [-0.2, -0.15) is 0 Å². The van der Waals surface area contributed by atoms with Gasteiger partial charge in [-0.1, -0.05) is 30.3 Å². The van der Waals surface area contributed by atoms with E-state index in [1.54, 1.807) is 0 Å². The van der Waals surface area contributed by atoms with Crippen LogP contribution in [0.2, 0.25) is 0 Å². The number of hydrogen-bond donors (Lipinski definition) is 2. The zero-order chi connectivity index (χ0) is 18.4. The normalized spacial score (nSPS) is 25.6. The molecule has 2 aromatic carbocycles. The first-order valence-electron chi connectivity index (χ1n) is 10.0. The zero-order valence-electron chi connectivity index (χ0n) is 16.0. The molecular weight excluding hydrogens is 334 g/mol. The topological polar surface area (TPSA) is 40.3 Å². The predicted octanol–water partition coefficient (Wildman–Crippen LogP) is 4.02. The summed E-state index contributed by atoms with van der Waals surface area (Å²) in [6.45, 7) is 7.16. The third-order valence-corrected chi connectivity index (χ3v) is 5.93. The van der Waals surface area contributed by atoms with Crippen molar-refractivity contribution in [3.63, 3.8) is 0 Å². The average Bonchev–Trinajstić information content (AvgIpc) is 3.06. The van der Waals surface area contributed by atoms with E-state index in [0.717, 1.165) is 26.1 Å². The number of nitrogens with zero attached hydrogens (tertiary/aromatic N) is 1. The summed E-state index contributed by atoms with van der Waals surface area (Å²) in [6.07, 6.45) is 1.37. The van der Waals surface area contributed by atoms with Crippen molar-refractivity contribution in [3.05, 3.63) is 65.4 Å². The van der Waals surface area contributed by atoms with Crippen molar-refractivity contribution < 1.29 is 4.74 Å². The highest BCUT2D eigenvalue weighted by Gasteiger charge is 2.28. The summed E-state index contributed by atoms with van der Waals surface area (Å²) in [5, 5.41) is 5.16. The standard InChI is InChI=1S/C23H27N3O/c1-15-13-20-19-5-3-4-6-21(19)25-23(20)22(24-15)17-7-9-18(10-8-17)26-11-12-27-16(2)14-26/h3-10,15-16,22,24-25H,11-14H2,1-2H3/t15-,16?,22-/m0/s1. The number of morpholine rings is 1. The lowest BCUT2D eigenvalue weighted by Crippen LogP contribution is -2.41. The van der Waals surface area contributed by atoms with Crippen molar-refractivity contribution in [2.75, 3.05) is 24.6 Å². The molecule has 3 atom stereocenters. The fourth-order valence-electron chi connectivity index (χ4n) is 4.61. The largest absolute Gasteiger partial charge is 0.375 e. The monoisotopic (exact) mass is 361 g/mol. The summed E-state index contributed by atoms with van der Waals surface area (Å²) in [5.74, 6) is 0. The lowest BCUT2D eigenvalue weighted by atomic mass is 9.91. The van der Waals surface area contributed by atoms with E-state index >= 15 is 0 Å². The number of nitrogens with one attached hydrogen (secondary N) is 2. The molecule has 0 saturated carbocycles. The molecule has 1 fully saturated rings. The van der Waals surface area contributed by atoms with Crippen LogP contribution in [0.3, 0.4) is 0 Å². The van der Waals surface area contributed by atoms with Gasteiger partial charge in [-0.05, 0) is 49.6 Å². The Morgan fingerprint density at radius 2 is 1.85 bits per heavy atom. The highest BCUT2D eigenvalue weighted by Crippen LogP contribution is 2.35. The van der Waals surface area contributed by atoms with Gasteiger partial charge in [0.05, 0.1) is 18.8 Å². The van der Waals surface area contributed by atoms with E-state index in [0.29, 0.717) is 12.1 Å². The van der Waals surface area contributed by atoms with E-state index in [1.165, 1.54) is 33.4 Å². The number of fused-ring (bicyclic) bond motifs is 3. The number of para-hydroxylation sites is 1. The number of benzene rings is 2. The van der Waals surface area contributed by atoms with Gasteiger partial charge in [0.1, 0.15) is 0 Å². The molecule has 1 unspecified atom stereocenters. The van der Waals surface area contributed by atoms with Crippen molar-refractivity contribution in [3.8, 4) is 0 Å². The Bertz CT molecular complexity index is 946. The SMILES string of the molecule is CC1CN(c2ccc([C@@H]3N[C@@H](C)Cc4c3[nH]c3ccccc43)cc2)CCO1. The van der Waals surface area contributed by atoms with Crippen LogP contribution in [0.15, 0.2) is 48.5 Å². The quantitative estimate of drug-likeness (QED) is 0.724. The highest BCUT2D eigenvalue weighted by atomic mass is 16.5. The molecule has 0 spiro atoms. The lowest BCUT2D eigenvalue weighted by molar-refractivity contribution is 0.0532. The van der Waals surface area contributed by atoms with Gasteiger partial charge in [0.15, 0.2) is 0 Å². The van der Waals surface area contributed by atoms with Gasteiger partial charge >= 0.3 is 0 Å². The summed E-state index contributed by atoms with van der Waals surface area (Å²) >= 11 is 0. The molecule has 3 aromatic rings. The molecule has 2 N–H and O–H groups in total. The molecule has 4 heteroatoms. The Kier molecular flexibility index (Phi) is 4.18. The van der Waals surface area contributed by atoms with Gasteiger partial charge in [-0.15, -0.1) is 0 Å². The maximum absolute atomic E-state index is 5.67. The van der Waals surface area contributed by atoms with Crippen LogP contribution >= 0.6 is 0 Å². The number of H-pyrrole nitrogens is 1. The molecule has 1 aromatic heterocycles. The third kappa shape index (κ3) is 3.03. The zero-order valence-corrected chi connectivity index (χ0v) is 16.0. The van der Waals surface area contributed by atoms with Crippen LogP contribution in [0.5, 0.6) is 0 Å². The Labute approximate surface area is 160 Å². The maximum Gasteiger partial charge on any atom is 0.0734 e. The fourth-order valence-corrected chi connectivity index (χ4v) is 4.61. The molecule has 2 aliphatic heterocycles. The Morgan fingerprint density at radius 3 is 2.67 bits per heavy atom. The summed E-state index contributed by atoms with van der Waals surface area (Å²) in [4.78, 5) is 6.10. The van der Waals surface area contributed by atoms with Crippen molar-refractivity contribution in [2.45, 2.75) is 38.5 Å². The number of aromatic amines is 1. The molecule has 0 radical (unpaired) electrons.